The minimum atomic E-state index is -0.305. The smallest absolute Gasteiger partial charge is 0.276 e. The minimum absolute atomic E-state index is 0.303. The van der Waals surface area contributed by atoms with E-state index in [0.29, 0.717) is 41.1 Å². The molecular formula is C19H16ClN3O3. The molecule has 3 aromatic rings. The summed E-state index contributed by atoms with van der Waals surface area (Å²) in [5.41, 5.74) is 1.71. The molecule has 0 bridgehead atoms. The van der Waals surface area contributed by atoms with Gasteiger partial charge in [-0.1, -0.05) is 17.7 Å². The summed E-state index contributed by atoms with van der Waals surface area (Å²) in [6.07, 6.45) is 2.55. The molecule has 0 spiro atoms. The fourth-order valence-corrected chi connectivity index (χ4v) is 2.83. The van der Waals surface area contributed by atoms with Crippen LogP contribution in [0.2, 0.25) is 5.02 Å². The summed E-state index contributed by atoms with van der Waals surface area (Å²) in [4.78, 5) is 12.5. The van der Waals surface area contributed by atoms with Crippen LogP contribution < -0.4 is 14.8 Å². The van der Waals surface area contributed by atoms with Gasteiger partial charge in [-0.3, -0.25) is 4.79 Å². The number of aromatic nitrogens is 2. The number of benzene rings is 2. The third-order valence-corrected chi connectivity index (χ3v) is 4.13. The lowest BCUT2D eigenvalue weighted by Crippen LogP contribution is -2.13. The summed E-state index contributed by atoms with van der Waals surface area (Å²) in [6.45, 7) is 1.22. The van der Waals surface area contributed by atoms with Crippen molar-refractivity contribution < 1.29 is 14.3 Å². The second kappa shape index (κ2) is 7.09. The lowest BCUT2D eigenvalue weighted by atomic mass is 10.2. The maximum Gasteiger partial charge on any atom is 0.276 e. The highest BCUT2D eigenvalue weighted by molar-refractivity contribution is 6.30. The predicted octanol–water partition coefficient (Wildman–Crippen LogP) is 3.94. The maximum absolute atomic E-state index is 12.5. The molecule has 26 heavy (non-hydrogen) atoms. The van der Waals surface area contributed by atoms with Crippen LogP contribution in [0.5, 0.6) is 11.5 Å². The SMILES string of the molecule is O=C(Nc1ccc2c(c1)OCCCO2)c1ccn(-c2cccc(Cl)c2)n1. The van der Waals surface area contributed by atoms with Gasteiger partial charge in [0, 0.05) is 29.4 Å². The Labute approximate surface area is 155 Å². The molecule has 1 aliphatic heterocycles. The van der Waals surface area contributed by atoms with Crippen molar-refractivity contribution in [2.45, 2.75) is 6.42 Å². The molecule has 0 unspecified atom stereocenters. The van der Waals surface area contributed by atoms with Crippen molar-refractivity contribution in [1.82, 2.24) is 9.78 Å². The van der Waals surface area contributed by atoms with E-state index in [-0.39, 0.29) is 5.91 Å². The van der Waals surface area contributed by atoms with E-state index in [1.807, 2.05) is 12.1 Å². The Morgan fingerprint density at radius 1 is 1.08 bits per heavy atom. The lowest BCUT2D eigenvalue weighted by molar-refractivity contribution is 0.102. The van der Waals surface area contributed by atoms with Crippen LogP contribution in [0.25, 0.3) is 5.69 Å². The molecule has 0 aliphatic carbocycles. The number of amides is 1. The van der Waals surface area contributed by atoms with Gasteiger partial charge in [-0.25, -0.2) is 4.68 Å². The van der Waals surface area contributed by atoms with Crippen LogP contribution in [0.3, 0.4) is 0 Å². The van der Waals surface area contributed by atoms with Gasteiger partial charge < -0.3 is 14.8 Å². The third kappa shape index (κ3) is 3.50. The number of rotatable bonds is 3. The molecule has 2 aromatic carbocycles. The quantitative estimate of drug-likeness (QED) is 0.759. The zero-order valence-electron chi connectivity index (χ0n) is 13.8. The number of nitrogens with one attached hydrogen (secondary N) is 1. The average molecular weight is 370 g/mol. The molecule has 1 N–H and O–H groups in total. The third-order valence-electron chi connectivity index (χ3n) is 3.90. The molecule has 0 saturated heterocycles. The molecule has 2 heterocycles. The highest BCUT2D eigenvalue weighted by Crippen LogP contribution is 2.32. The topological polar surface area (TPSA) is 65.4 Å². The highest BCUT2D eigenvalue weighted by atomic mass is 35.5. The van der Waals surface area contributed by atoms with E-state index in [9.17, 15) is 4.79 Å². The van der Waals surface area contributed by atoms with Gasteiger partial charge in [0.15, 0.2) is 17.2 Å². The van der Waals surface area contributed by atoms with Crippen molar-refractivity contribution >= 4 is 23.2 Å². The molecule has 0 radical (unpaired) electrons. The van der Waals surface area contributed by atoms with Crippen molar-refractivity contribution in [2.24, 2.45) is 0 Å². The Bertz CT molecular complexity index is 955. The van der Waals surface area contributed by atoms with Crippen molar-refractivity contribution in [3.8, 4) is 17.2 Å². The molecule has 1 aromatic heterocycles. The molecular weight excluding hydrogens is 354 g/mol. The number of carbonyl (C=O) groups is 1. The maximum atomic E-state index is 12.5. The molecule has 6 nitrogen and oxygen atoms in total. The van der Waals surface area contributed by atoms with E-state index in [1.165, 1.54) is 0 Å². The number of ether oxygens (including phenoxy) is 2. The van der Waals surface area contributed by atoms with E-state index < -0.39 is 0 Å². The second-order valence-corrected chi connectivity index (χ2v) is 6.23. The second-order valence-electron chi connectivity index (χ2n) is 5.79. The first-order valence-corrected chi connectivity index (χ1v) is 8.59. The number of hydrogen-bond acceptors (Lipinski definition) is 4. The van der Waals surface area contributed by atoms with Gasteiger partial charge in [0.05, 0.1) is 18.9 Å². The fraction of sp³-hybridized carbons (Fsp3) is 0.158. The largest absolute Gasteiger partial charge is 0.490 e. The Balaban J connectivity index is 1.51. The zero-order chi connectivity index (χ0) is 17.9. The number of hydrogen-bond donors (Lipinski definition) is 1. The van der Waals surface area contributed by atoms with Gasteiger partial charge in [-0.2, -0.15) is 5.10 Å². The van der Waals surface area contributed by atoms with Crippen LogP contribution in [0, 0.1) is 0 Å². The summed E-state index contributed by atoms with van der Waals surface area (Å²) in [5, 5.41) is 7.75. The monoisotopic (exact) mass is 369 g/mol. The van der Waals surface area contributed by atoms with Gasteiger partial charge in [0.2, 0.25) is 0 Å². The Morgan fingerprint density at radius 3 is 2.77 bits per heavy atom. The minimum Gasteiger partial charge on any atom is -0.490 e. The van der Waals surface area contributed by atoms with Gasteiger partial charge in [0.1, 0.15) is 0 Å². The van der Waals surface area contributed by atoms with Gasteiger partial charge >= 0.3 is 0 Å². The Kier molecular flexibility index (Phi) is 4.50. The van der Waals surface area contributed by atoms with Gasteiger partial charge in [0.25, 0.3) is 5.91 Å². The van der Waals surface area contributed by atoms with Gasteiger partial charge in [-0.05, 0) is 36.4 Å². The van der Waals surface area contributed by atoms with Crippen molar-refractivity contribution in [3.63, 3.8) is 0 Å². The van der Waals surface area contributed by atoms with Crippen LogP contribution in [-0.2, 0) is 0 Å². The van der Waals surface area contributed by atoms with Crippen molar-refractivity contribution in [3.05, 3.63) is 65.4 Å². The first-order chi connectivity index (χ1) is 12.7. The summed E-state index contributed by atoms with van der Waals surface area (Å²) in [6, 6.07) is 14.2. The molecule has 7 heteroatoms. The number of fused-ring (bicyclic) bond motifs is 1. The molecule has 1 aliphatic rings. The Hall–Kier alpha value is -2.99. The van der Waals surface area contributed by atoms with E-state index in [1.54, 1.807) is 47.3 Å². The number of carbonyl (C=O) groups excluding carboxylic acids is 1. The van der Waals surface area contributed by atoms with E-state index in [4.69, 9.17) is 21.1 Å². The standard InChI is InChI=1S/C19H16ClN3O3/c20-13-3-1-4-15(11-13)23-8-7-16(22-23)19(24)21-14-5-6-17-18(12-14)26-10-2-9-25-17/h1,3-8,11-12H,2,9-10H2,(H,21,24). The van der Waals surface area contributed by atoms with Gasteiger partial charge in [-0.15, -0.1) is 0 Å². The highest BCUT2D eigenvalue weighted by Gasteiger charge is 2.14. The normalized spacial score (nSPS) is 13.1. The first-order valence-electron chi connectivity index (χ1n) is 8.22. The van der Waals surface area contributed by atoms with Crippen LogP contribution in [0.1, 0.15) is 16.9 Å². The Morgan fingerprint density at radius 2 is 1.92 bits per heavy atom. The number of halogens is 1. The molecule has 0 saturated carbocycles. The van der Waals surface area contributed by atoms with E-state index in [0.717, 1.165) is 12.1 Å². The van der Waals surface area contributed by atoms with E-state index in [2.05, 4.69) is 10.4 Å². The van der Waals surface area contributed by atoms with Crippen LogP contribution >= 0.6 is 11.6 Å². The molecule has 1 amide bonds. The van der Waals surface area contributed by atoms with E-state index >= 15 is 0 Å². The number of nitrogens with zero attached hydrogens (tertiary/aromatic N) is 2. The van der Waals surface area contributed by atoms with Crippen LogP contribution in [0.4, 0.5) is 5.69 Å². The fourth-order valence-electron chi connectivity index (χ4n) is 2.64. The number of anilines is 1. The molecule has 0 atom stereocenters. The van der Waals surface area contributed by atoms with Crippen LogP contribution in [0.15, 0.2) is 54.7 Å². The van der Waals surface area contributed by atoms with Crippen molar-refractivity contribution in [1.29, 1.82) is 0 Å². The summed E-state index contributed by atoms with van der Waals surface area (Å²) >= 11 is 6.00. The molecule has 0 fully saturated rings. The van der Waals surface area contributed by atoms with Crippen LogP contribution in [-0.4, -0.2) is 28.9 Å². The van der Waals surface area contributed by atoms with Crippen molar-refractivity contribution in [2.75, 3.05) is 18.5 Å². The predicted molar refractivity (Wildman–Crippen MR) is 98.6 cm³/mol. The average Bonchev–Trinajstić information content (AvgIpc) is 3.02. The molecule has 132 valence electrons. The lowest BCUT2D eigenvalue weighted by Gasteiger charge is -2.09. The molecule has 4 rings (SSSR count). The summed E-state index contributed by atoms with van der Waals surface area (Å²) in [5.74, 6) is 1.01. The zero-order valence-corrected chi connectivity index (χ0v) is 14.6. The summed E-state index contributed by atoms with van der Waals surface area (Å²) in [7, 11) is 0. The summed E-state index contributed by atoms with van der Waals surface area (Å²) < 4.78 is 12.8. The first kappa shape index (κ1) is 16.5.